The van der Waals surface area contributed by atoms with Gasteiger partial charge in [-0.2, -0.15) is 0 Å². The van der Waals surface area contributed by atoms with Gasteiger partial charge >= 0.3 is 0 Å². The molecule has 1 aliphatic rings. The zero-order valence-electron chi connectivity index (χ0n) is 13.7. The number of hydrogen-bond donors (Lipinski definition) is 1. The molecule has 2 aromatic rings. The molecule has 1 saturated heterocycles. The SMILES string of the molecule is C[C@H](COc1ccc(CC2SC(=O)NC2=O)cc1)c1ccc(F)cc1. The quantitative estimate of drug-likeness (QED) is 0.850. The lowest BCUT2D eigenvalue weighted by molar-refractivity contribution is -0.118. The molecular formula is C19H18FNO3S. The second kappa shape index (κ2) is 7.70. The standard InChI is InChI=1S/C19H18FNO3S/c1-12(14-4-6-15(20)7-5-14)11-24-16-8-2-13(3-9-16)10-17-18(22)21-19(23)25-17/h2-9,12,17H,10-11H2,1H3,(H,21,22,23)/t12-,17?/m1/s1. The molecule has 4 nitrogen and oxygen atoms in total. The van der Waals surface area contributed by atoms with Crippen LogP contribution in [0.1, 0.15) is 24.0 Å². The van der Waals surface area contributed by atoms with Gasteiger partial charge in [0.05, 0.1) is 11.9 Å². The lowest BCUT2D eigenvalue weighted by Gasteiger charge is -2.14. The summed E-state index contributed by atoms with van der Waals surface area (Å²) in [5.74, 6) is 0.397. The van der Waals surface area contributed by atoms with Gasteiger partial charge in [0.1, 0.15) is 11.6 Å². The van der Waals surface area contributed by atoms with Crippen LogP contribution in [0.25, 0.3) is 0 Å². The summed E-state index contributed by atoms with van der Waals surface area (Å²) in [6, 6.07) is 13.9. The van der Waals surface area contributed by atoms with E-state index in [1.165, 1.54) is 12.1 Å². The molecule has 2 atom stereocenters. The summed E-state index contributed by atoms with van der Waals surface area (Å²) in [5, 5.41) is 1.64. The lowest BCUT2D eigenvalue weighted by Crippen LogP contribution is -2.25. The third kappa shape index (κ3) is 4.60. The van der Waals surface area contributed by atoms with Crippen LogP contribution in [0.5, 0.6) is 5.75 Å². The predicted octanol–water partition coefficient (Wildman–Crippen LogP) is 3.90. The fourth-order valence-corrected chi connectivity index (χ4v) is 3.43. The van der Waals surface area contributed by atoms with Gasteiger partial charge in [-0.1, -0.05) is 43.0 Å². The molecule has 1 N–H and O–H groups in total. The molecule has 130 valence electrons. The number of thioether (sulfide) groups is 1. The van der Waals surface area contributed by atoms with Crippen molar-refractivity contribution in [2.24, 2.45) is 0 Å². The summed E-state index contributed by atoms with van der Waals surface area (Å²) in [5.41, 5.74) is 1.99. The normalized spacial score (nSPS) is 18.1. The Morgan fingerprint density at radius 3 is 2.40 bits per heavy atom. The van der Waals surface area contributed by atoms with Gasteiger partial charge in [0.15, 0.2) is 0 Å². The van der Waals surface area contributed by atoms with Crippen LogP contribution in [0.2, 0.25) is 0 Å². The highest BCUT2D eigenvalue weighted by molar-refractivity contribution is 8.15. The lowest BCUT2D eigenvalue weighted by atomic mass is 10.0. The van der Waals surface area contributed by atoms with Gasteiger partial charge in [0.2, 0.25) is 5.91 Å². The van der Waals surface area contributed by atoms with Crippen molar-refractivity contribution in [3.05, 3.63) is 65.5 Å². The second-order valence-corrected chi connectivity index (χ2v) is 7.17. The minimum Gasteiger partial charge on any atom is -0.493 e. The van der Waals surface area contributed by atoms with Gasteiger partial charge in [-0.15, -0.1) is 0 Å². The molecule has 2 aromatic carbocycles. The monoisotopic (exact) mass is 359 g/mol. The Hall–Kier alpha value is -2.34. The molecular weight excluding hydrogens is 341 g/mol. The van der Waals surface area contributed by atoms with Crippen LogP contribution in [0.15, 0.2) is 48.5 Å². The molecule has 0 radical (unpaired) electrons. The zero-order valence-corrected chi connectivity index (χ0v) is 14.5. The number of amides is 2. The van der Waals surface area contributed by atoms with E-state index in [2.05, 4.69) is 5.32 Å². The Labute approximate surface area is 149 Å². The van der Waals surface area contributed by atoms with Crippen molar-refractivity contribution in [2.45, 2.75) is 24.5 Å². The highest BCUT2D eigenvalue weighted by Gasteiger charge is 2.31. The molecule has 0 aromatic heterocycles. The van der Waals surface area contributed by atoms with Gasteiger partial charge in [-0.25, -0.2) is 4.39 Å². The van der Waals surface area contributed by atoms with Crippen LogP contribution in [-0.4, -0.2) is 23.0 Å². The molecule has 1 unspecified atom stereocenters. The summed E-state index contributed by atoms with van der Waals surface area (Å²) in [6.07, 6.45) is 0.508. The number of carbonyl (C=O) groups excluding carboxylic acids is 2. The summed E-state index contributed by atoms with van der Waals surface area (Å²) in [7, 11) is 0. The molecule has 1 aliphatic heterocycles. The van der Waals surface area contributed by atoms with Gasteiger partial charge in [0, 0.05) is 5.92 Å². The molecule has 1 heterocycles. The van der Waals surface area contributed by atoms with Crippen molar-refractivity contribution >= 4 is 22.9 Å². The van der Waals surface area contributed by atoms with Gasteiger partial charge in [-0.05, 0) is 41.8 Å². The largest absolute Gasteiger partial charge is 0.493 e. The first-order chi connectivity index (χ1) is 12.0. The van der Waals surface area contributed by atoms with Crippen molar-refractivity contribution in [1.82, 2.24) is 5.32 Å². The minimum absolute atomic E-state index is 0.143. The van der Waals surface area contributed by atoms with Crippen LogP contribution in [-0.2, 0) is 11.2 Å². The molecule has 2 amide bonds. The number of nitrogens with one attached hydrogen (secondary N) is 1. The maximum Gasteiger partial charge on any atom is 0.286 e. The van der Waals surface area contributed by atoms with Crippen LogP contribution >= 0.6 is 11.8 Å². The summed E-state index contributed by atoms with van der Waals surface area (Å²) < 4.78 is 18.7. The van der Waals surface area contributed by atoms with E-state index in [1.54, 1.807) is 12.1 Å². The predicted molar refractivity (Wildman–Crippen MR) is 95.4 cm³/mol. The van der Waals surface area contributed by atoms with E-state index in [0.29, 0.717) is 13.0 Å². The van der Waals surface area contributed by atoms with Crippen molar-refractivity contribution in [3.63, 3.8) is 0 Å². The summed E-state index contributed by atoms with van der Waals surface area (Å²) in [4.78, 5) is 22.8. The Morgan fingerprint density at radius 1 is 1.12 bits per heavy atom. The van der Waals surface area contributed by atoms with Gasteiger partial charge < -0.3 is 4.74 Å². The van der Waals surface area contributed by atoms with Gasteiger partial charge in [-0.3, -0.25) is 14.9 Å². The highest BCUT2D eigenvalue weighted by atomic mass is 32.2. The molecule has 0 aliphatic carbocycles. The first kappa shape index (κ1) is 17.5. The molecule has 1 fully saturated rings. The Bertz CT molecular complexity index is 761. The fourth-order valence-electron chi connectivity index (χ4n) is 2.57. The number of hydrogen-bond acceptors (Lipinski definition) is 4. The summed E-state index contributed by atoms with van der Waals surface area (Å²) in [6.45, 7) is 2.51. The summed E-state index contributed by atoms with van der Waals surface area (Å²) >= 11 is 1.03. The van der Waals surface area contributed by atoms with Crippen LogP contribution in [0.3, 0.4) is 0 Å². The average molecular weight is 359 g/mol. The number of ether oxygens (including phenoxy) is 1. The molecule has 3 rings (SSSR count). The maximum absolute atomic E-state index is 13.0. The number of benzene rings is 2. The average Bonchev–Trinajstić information content (AvgIpc) is 2.92. The first-order valence-corrected chi connectivity index (χ1v) is 8.88. The Morgan fingerprint density at radius 2 is 1.80 bits per heavy atom. The second-order valence-electron chi connectivity index (χ2n) is 5.99. The number of carbonyl (C=O) groups is 2. The van der Waals surface area contributed by atoms with Crippen molar-refractivity contribution < 1.29 is 18.7 Å². The topological polar surface area (TPSA) is 55.4 Å². The van der Waals surface area contributed by atoms with Crippen molar-refractivity contribution in [3.8, 4) is 5.75 Å². The zero-order chi connectivity index (χ0) is 17.8. The van der Waals surface area contributed by atoms with E-state index >= 15 is 0 Å². The fraction of sp³-hybridized carbons (Fsp3) is 0.263. The number of halogens is 1. The van der Waals surface area contributed by atoms with Crippen molar-refractivity contribution in [2.75, 3.05) is 6.61 Å². The minimum atomic E-state index is -0.363. The molecule has 25 heavy (non-hydrogen) atoms. The van der Waals surface area contributed by atoms with E-state index < -0.39 is 0 Å². The molecule has 6 heteroatoms. The van der Waals surface area contributed by atoms with E-state index in [9.17, 15) is 14.0 Å². The molecule has 0 spiro atoms. The number of rotatable bonds is 6. The first-order valence-electron chi connectivity index (χ1n) is 8.00. The van der Waals surface area contributed by atoms with E-state index in [1.807, 2.05) is 31.2 Å². The maximum atomic E-state index is 13.0. The molecule has 0 bridgehead atoms. The highest BCUT2D eigenvalue weighted by Crippen LogP contribution is 2.24. The smallest absolute Gasteiger partial charge is 0.286 e. The van der Waals surface area contributed by atoms with E-state index in [-0.39, 0.29) is 28.1 Å². The third-order valence-corrected chi connectivity index (χ3v) is 5.03. The van der Waals surface area contributed by atoms with Crippen LogP contribution in [0, 0.1) is 5.82 Å². The Balaban J connectivity index is 1.53. The van der Waals surface area contributed by atoms with E-state index in [4.69, 9.17) is 4.74 Å². The van der Waals surface area contributed by atoms with Gasteiger partial charge in [0.25, 0.3) is 5.24 Å². The van der Waals surface area contributed by atoms with E-state index in [0.717, 1.165) is 28.6 Å². The third-order valence-electron chi connectivity index (χ3n) is 4.05. The Kier molecular flexibility index (Phi) is 5.38. The number of imide groups is 1. The van der Waals surface area contributed by atoms with Crippen LogP contribution in [0.4, 0.5) is 9.18 Å². The van der Waals surface area contributed by atoms with Crippen LogP contribution < -0.4 is 10.1 Å². The van der Waals surface area contributed by atoms with Crippen molar-refractivity contribution in [1.29, 1.82) is 0 Å². The molecule has 0 saturated carbocycles.